The molecule has 1 unspecified atom stereocenters. The topological polar surface area (TPSA) is 283 Å². The van der Waals surface area contributed by atoms with Gasteiger partial charge in [0.25, 0.3) is 5.91 Å². The molecule has 376 valence electrons. The summed E-state index contributed by atoms with van der Waals surface area (Å²) in [7, 11) is -5.21. The van der Waals surface area contributed by atoms with Gasteiger partial charge >= 0.3 is 31.7 Å². The minimum atomic E-state index is -5.21. The van der Waals surface area contributed by atoms with E-state index in [1.54, 1.807) is 54.6 Å². The third kappa shape index (κ3) is 9.61. The van der Waals surface area contributed by atoms with Crippen LogP contribution in [0.5, 0.6) is 0 Å². The molecule has 3 aliphatic carbocycles. The van der Waals surface area contributed by atoms with Gasteiger partial charge in [0, 0.05) is 37.7 Å². The summed E-state index contributed by atoms with van der Waals surface area (Å²) in [6, 6.07) is 22.0. The molecule has 19 nitrogen and oxygen atoms in total. The van der Waals surface area contributed by atoms with E-state index in [-0.39, 0.29) is 60.4 Å². The van der Waals surface area contributed by atoms with Crippen LogP contribution in [-0.2, 0) is 56.5 Å². The average Bonchev–Trinajstić information content (AvgIpc) is 3.31. The van der Waals surface area contributed by atoms with Crippen LogP contribution < -0.4 is 11.1 Å². The Morgan fingerprint density at radius 1 is 0.886 bits per heavy atom. The predicted octanol–water partition coefficient (Wildman–Crippen LogP) is 4.23. The van der Waals surface area contributed by atoms with E-state index in [0.717, 1.165) is 13.8 Å². The van der Waals surface area contributed by atoms with E-state index in [0.29, 0.717) is 0 Å². The number of phosphoric ester groups is 1. The van der Waals surface area contributed by atoms with Gasteiger partial charge in [0.15, 0.2) is 23.6 Å². The number of esters is 4. The van der Waals surface area contributed by atoms with Crippen molar-refractivity contribution in [1.29, 1.82) is 0 Å². The molecule has 1 amide bonds. The number of ether oxygens (including phenoxy) is 5. The number of aliphatic hydroxyl groups excluding tert-OH is 1. The largest absolute Gasteiger partial charge is 0.473 e. The van der Waals surface area contributed by atoms with Crippen molar-refractivity contribution in [3.63, 3.8) is 0 Å². The van der Waals surface area contributed by atoms with Gasteiger partial charge in [-0.1, -0.05) is 80.6 Å². The van der Waals surface area contributed by atoms with Gasteiger partial charge < -0.3 is 49.8 Å². The van der Waals surface area contributed by atoms with E-state index in [4.69, 9.17) is 38.5 Å². The molecule has 2 bridgehead atoms. The summed E-state index contributed by atoms with van der Waals surface area (Å²) < 4.78 is 55.2. The highest BCUT2D eigenvalue weighted by Gasteiger charge is 2.78. The summed E-state index contributed by atoms with van der Waals surface area (Å²) in [5.41, 5.74) is -2.28. The molecular formula is C50H59N2O17P. The fourth-order valence-corrected chi connectivity index (χ4v) is 11.6. The minimum absolute atomic E-state index is 0.0217. The second-order valence-corrected chi connectivity index (χ2v) is 20.3. The van der Waals surface area contributed by atoms with Crippen molar-refractivity contribution in [2.75, 3.05) is 19.8 Å². The molecule has 70 heavy (non-hydrogen) atoms. The fraction of sp³-hybridized carbons (Fsp3) is 0.480. The van der Waals surface area contributed by atoms with Crippen molar-refractivity contribution in [2.24, 2.45) is 22.5 Å². The zero-order valence-electron chi connectivity index (χ0n) is 39.6. The molecule has 0 aromatic heterocycles. The first kappa shape index (κ1) is 52.2. The molecule has 1 aliphatic heterocycles. The quantitative estimate of drug-likeness (QED) is 0.0441. The van der Waals surface area contributed by atoms with Crippen molar-refractivity contribution in [3.8, 4) is 0 Å². The van der Waals surface area contributed by atoms with Crippen molar-refractivity contribution in [3.05, 3.63) is 119 Å². The number of rotatable bonds is 16. The molecule has 3 aromatic rings. The number of nitrogens with two attached hydrogens (primary N) is 1. The Bertz CT molecular complexity index is 2560. The number of aliphatic hydroxyl groups is 2. The summed E-state index contributed by atoms with van der Waals surface area (Å²) in [5.74, 6) is -7.41. The number of hydrogen-bond acceptors (Lipinski definition) is 17. The number of carbonyl (C=O) groups excluding carboxylic acids is 6. The Kier molecular flexibility index (Phi) is 15.1. The lowest BCUT2D eigenvalue weighted by atomic mass is 9.44. The number of benzene rings is 3. The van der Waals surface area contributed by atoms with Crippen molar-refractivity contribution >= 4 is 43.4 Å². The van der Waals surface area contributed by atoms with Crippen LogP contribution in [0.3, 0.4) is 0 Å². The number of Topliss-reactive ketones (excluding diaryl/α,β-unsaturated/α-hetero) is 1. The number of ketones is 1. The number of phosphoric acid groups is 1. The first-order chi connectivity index (χ1) is 33.0. The van der Waals surface area contributed by atoms with Crippen molar-refractivity contribution in [2.45, 2.75) is 115 Å². The lowest BCUT2D eigenvalue weighted by Gasteiger charge is -2.67. The monoisotopic (exact) mass is 990 g/mol. The van der Waals surface area contributed by atoms with Crippen LogP contribution in [-0.4, -0.2) is 118 Å². The number of hydrogen-bond donors (Lipinski definition) is 5. The minimum Gasteiger partial charge on any atom is -0.456 e. The van der Waals surface area contributed by atoms with E-state index < -0.39 is 120 Å². The Balaban J connectivity index is 1.43. The second-order valence-electron chi connectivity index (χ2n) is 18.9. The SMILES string of the molecule is CC(=O)O[C@H]1C(=O)[C@@]2(C)[C@H]([C@H](OC(=O)c3ccccc3)[C@]3(O)C[C@H](OC(=O)[C@H](OP(=O)(O)OCCCN)[C@@H](NC(=O)c4ccccc4)c4ccccc4)C(C)=C1C3(C)C)[C@]1(OC(C)=O)CO[C@@H]1C[C@@H]2O. The molecule has 3 fully saturated rings. The Morgan fingerprint density at radius 3 is 2.04 bits per heavy atom. The van der Waals surface area contributed by atoms with Crippen molar-refractivity contribution in [1.82, 2.24) is 5.32 Å². The van der Waals surface area contributed by atoms with Crippen LogP contribution in [0.2, 0.25) is 0 Å². The Labute approximate surface area is 404 Å². The van der Waals surface area contributed by atoms with E-state index in [2.05, 4.69) is 5.32 Å². The van der Waals surface area contributed by atoms with E-state index >= 15 is 9.59 Å². The molecule has 1 heterocycles. The predicted molar refractivity (Wildman–Crippen MR) is 246 cm³/mol. The molecule has 2 saturated carbocycles. The Morgan fingerprint density at radius 2 is 1.49 bits per heavy atom. The molecule has 6 N–H and O–H groups in total. The van der Waals surface area contributed by atoms with E-state index in [1.165, 1.54) is 64.1 Å². The van der Waals surface area contributed by atoms with Crippen LogP contribution in [0.15, 0.2) is 102 Å². The van der Waals surface area contributed by atoms with Gasteiger partial charge in [-0.3, -0.25) is 28.2 Å². The third-order valence-corrected chi connectivity index (χ3v) is 15.3. The van der Waals surface area contributed by atoms with Crippen LogP contribution in [0, 0.1) is 16.7 Å². The summed E-state index contributed by atoms with van der Waals surface area (Å²) in [5, 5.41) is 28.8. The lowest BCUT2D eigenvalue weighted by Crippen LogP contribution is -2.82. The van der Waals surface area contributed by atoms with E-state index in [9.17, 15) is 38.8 Å². The van der Waals surface area contributed by atoms with Gasteiger partial charge in [0.2, 0.25) is 0 Å². The smallest absolute Gasteiger partial charge is 0.456 e. The number of fused-ring (bicyclic) bond motifs is 5. The number of carbonyl (C=O) groups is 6. The zero-order chi connectivity index (χ0) is 51.0. The maximum absolute atomic E-state index is 15.7. The number of amides is 1. The Hall–Kier alpha value is -5.63. The maximum Gasteiger partial charge on any atom is 0.473 e. The molecule has 0 radical (unpaired) electrons. The van der Waals surface area contributed by atoms with Crippen LogP contribution in [0.1, 0.15) is 93.1 Å². The van der Waals surface area contributed by atoms with Crippen molar-refractivity contribution < 1.29 is 81.2 Å². The highest BCUT2D eigenvalue weighted by molar-refractivity contribution is 7.47. The average molecular weight is 991 g/mol. The van der Waals surface area contributed by atoms with Gasteiger partial charge in [-0.05, 0) is 67.8 Å². The molecule has 3 aromatic carbocycles. The summed E-state index contributed by atoms with van der Waals surface area (Å²) in [4.78, 5) is 96.5. The van der Waals surface area contributed by atoms with Crippen LogP contribution >= 0.6 is 7.82 Å². The molecule has 7 rings (SSSR count). The molecule has 1 saturated heterocycles. The summed E-state index contributed by atoms with van der Waals surface area (Å²) in [6.07, 6.45) is -11.2. The first-order valence-electron chi connectivity index (χ1n) is 22.9. The highest BCUT2D eigenvalue weighted by Crippen LogP contribution is 2.64. The van der Waals surface area contributed by atoms with Gasteiger partial charge in [0.1, 0.15) is 23.9 Å². The van der Waals surface area contributed by atoms with Gasteiger partial charge in [-0.25, -0.2) is 14.2 Å². The highest BCUT2D eigenvalue weighted by atomic mass is 31.2. The normalized spacial score (nSPS) is 30.5. The van der Waals surface area contributed by atoms with Gasteiger partial charge in [-0.15, -0.1) is 0 Å². The van der Waals surface area contributed by atoms with Crippen LogP contribution in [0.25, 0.3) is 0 Å². The maximum atomic E-state index is 15.7. The first-order valence-corrected chi connectivity index (χ1v) is 24.4. The van der Waals surface area contributed by atoms with Crippen LogP contribution in [0.4, 0.5) is 0 Å². The molecular weight excluding hydrogens is 932 g/mol. The molecule has 12 atom stereocenters. The van der Waals surface area contributed by atoms with Gasteiger partial charge in [0.05, 0.1) is 42.3 Å². The second kappa shape index (κ2) is 20.2. The zero-order valence-corrected chi connectivity index (χ0v) is 40.5. The number of nitrogens with one attached hydrogen (secondary N) is 1. The standard InChI is InChI=1S/C50H59N2O17P/c1-28-34(66-46(59)40(69-70(61,62)64-24-16-23-51)38(31-17-10-7-11-18-31)52-44(57)32-19-12-8-13-20-32)26-50(60)43(67-45(58)33-21-14-9-15-22-33)41-48(6,35(55)25-36-49(41,27-63-36)68-30(3)54)42(56)39(65-29(2)53)37(28)47(50,4)5/h7-15,17-22,34-36,38-41,43,55,60H,16,23-27,51H2,1-6H3,(H,52,57)(H,61,62)/t34-,35-,36+,38-,39+,40+,41-,43-,48+,49-,50+/m0/s1. The van der Waals surface area contributed by atoms with Gasteiger partial charge in [-0.2, -0.15) is 0 Å². The fourth-order valence-electron chi connectivity index (χ4n) is 10.7. The molecule has 20 heteroatoms. The third-order valence-electron chi connectivity index (χ3n) is 14.3. The van der Waals surface area contributed by atoms with E-state index in [1.807, 2.05) is 0 Å². The lowest BCUT2D eigenvalue weighted by molar-refractivity contribution is -0.346. The summed E-state index contributed by atoms with van der Waals surface area (Å²) >= 11 is 0. The summed E-state index contributed by atoms with van der Waals surface area (Å²) in [6.45, 7) is 7.39. The molecule has 4 aliphatic rings. The molecule has 0 spiro atoms.